The standard InChI is InChI=1S/C12H8ClN3O/c13-12-9(6-14)7-15-11(16-12)8-17-10-4-2-1-3-5-10/h1-5,7H,8H2. The van der Waals surface area contributed by atoms with Crippen molar-refractivity contribution in [2.75, 3.05) is 0 Å². The Morgan fingerprint density at radius 3 is 2.71 bits per heavy atom. The van der Waals surface area contributed by atoms with Crippen molar-refractivity contribution in [1.82, 2.24) is 9.97 Å². The van der Waals surface area contributed by atoms with Crippen molar-refractivity contribution >= 4 is 11.6 Å². The van der Waals surface area contributed by atoms with Gasteiger partial charge in [-0.15, -0.1) is 0 Å². The Hall–Kier alpha value is -2.12. The molecule has 0 unspecified atom stereocenters. The number of hydrogen-bond acceptors (Lipinski definition) is 4. The number of hydrogen-bond donors (Lipinski definition) is 0. The topological polar surface area (TPSA) is 58.8 Å². The van der Waals surface area contributed by atoms with Crippen LogP contribution in [0.1, 0.15) is 11.4 Å². The average Bonchev–Trinajstić information content (AvgIpc) is 2.38. The number of para-hydroxylation sites is 1. The molecule has 0 atom stereocenters. The normalized spacial score (nSPS) is 9.65. The minimum absolute atomic E-state index is 0.147. The van der Waals surface area contributed by atoms with Crippen LogP contribution in [0.15, 0.2) is 36.5 Å². The number of ether oxygens (including phenoxy) is 1. The molecule has 1 heterocycles. The average molecular weight is 246 g/mol. The molecular weight excluding hydrogens is 238 g/mol. The minimum atomic E-state index is 0.147. The highest BCUT2D eigenvalue weighted by Crippen LogP contribution is 2.13. The third-order valence-electron chi connectivity index (χ3n) is 2.02. The van der Waals surface area contributed by atoms with Crippen LogP contribution in [0.3, 0.4) is 0 Å². The fourth-order valence-corrected chi connectivity index (χ4v) is 1.39. The maximum atomic E-state index is 8.67. The van der Waals surface area contributed by atoms with Crippen molar-refractivity contribution in [3.8, 4) is 11.8 Å². The molecule has 0 saturated carbocycles. The summed E-state index contributed by atoms with van der Waals surface area (Å²) in [6, 6.07) is 11.2. The summed E-state index contributed by atoms with van der Waals surface area (Å²) < 4.78 is 5.45. The SMILES string of the molecule is N#Cc1cnc(COc2ccccc2)nc1Cl. The van der Waals surface area contributed by atoms with Gasteiger partial charge in [-0.2, -0.15) is 5.26 Å². The van der Waals surface area contributed by atoms with E-state index < -0.39 is 0 Å². The van der Waals surface area contributed by atoms with Crippen LogP contribution in [0.2, 0.25) is 5.15 Å². The molecule has 0 radical (unpaired) electrons. The largest absolute Gasteiger partial charge is 0.486 e. The summed E-state index contributed by atoms with van der Waals surface area (Å²) in [6.07, 6.45) is 1.39. The predicted molar refractivity (Wildman–Crippen MR) is 62.5 cm³/mol. The molecule has 0 spiro atoms. The lowest BCUT2D eigenvalue weighted by atomic mass is 10.3. The van der Waals surface area contributed by atoms with Crippen LogP contribution < -0.4 is 4.74 Å². The first kappa shape index (κ1) is 11.4. The van der Waals surface area contributed by atoms with Crippen molar-refractivity contribution < 1.29 is 4.74 Å². The molecule has 0 saturated heterocycles. The molecule has 5 heteroatoms. The van der Waals surface area contributed by atoms with Crippen molar-refractivity contribution in [2.24, 2.45) is 0 Å². The molecule has 84 valence electrons. The van der Waals surface area contributed by atoms with Crippen molar-refractivity contribution in [3.05, 3.63) is 53.1 Å². The van der Waals surface area contributed by atoms with Gasteiger partial charge in [-0.05, 0) is 12.1 Å². The Morgan fingerprint density at radius 1 is 1.29 bits per heavy atom. The van der Waals surface area contributed by atoms with Gasteiger partial charge < -0.3 is 4.74 Å². The number of rotatable bonds is 3. The van der Waals surface area contributed by atoms with Crippen LogP contribution in [0.25, 0.3) is 0 Å². The molecule has 2 rings (SSSR count). The molecule has 4 nitrogen and oxygen atoms in total. The Kier molecular flexibility index (Phi) is 3.53. The van der Waals surface area contributed by atoms with Gasteiger partial charge in [-0.1, -0.05) is 29.8 Å². The van der Waals surface area contributed by atoms with Crippen molar-refractivity contribution in [2.45, 2.75) is 6.61 Å². The molecule has 2 aromatic rings. The molecule has 1 aromatic heterocycles. The van der Waals surface area contributed by atoms with Gasteiger partial charge in [-0.3, -0.25) is 0 Å². The molecule has 0 fully saturated rings. The highest BCUT2D eigenvalue weighted by molar-refractivity contribution is 6.30. The summed E-state index contributed by atoms with van der Waals surface area (Å²) in [5.74, 6) is 1.18. The van der Waals surface area contributed by atoms with E-state index >= 15 is 0 Å². The van der Waals surface area contributed by atoms with E-state index in [9.17, 15) is 0 Å². The van der Waals surface area contributed by atoms with Gasteiger partial charge in [0, 0.05) is 0 Å². The zero-order chi connectivity index (χ0) is 12.1. The second-order valence-corrected chi connectivity index (χ2v) is 3.56. The molecular formula is C12H8ClN3O. The molecule has 17 heavy (non-hydrogen) atoms. The lowest BCUT2D eigenvalue weighted by Crippen LogP contribution is -2.02. The summed E-state index contributed by atoms with van der Waals surface area (Å²) >= 11 is 5.78. The van der Waals surface area contributed by atoms with E-state index in [1.54, 1.807) is 0 Å². The lowest BCUT2D eigenvalue weighted by molar-refractivity contribution is 0.296. The van der Waals surface area contributed by atoms with Gasteiger partial charge in [0.05, 0.1) is 6.20 Å². The van der Waals surface area contributed by atoms with Crippen LogP contribution >= 0.6 is 11.6 Å². The summed E-state index contributed by atoms with van der Waals surface area (Å²) in [7, 11) is 0. The first-order valence-corrected chi connectivity index (χ1v) is 5.27. The van der Waals surface area contributed by atoms with Crippen LogP contribution in [0.5, 0.6) is 5.75 Å². The first-order chi connectivity index (χ1) is 8.29. The summed E-state index contributed by atoms with van der Waals surface area (Å²) in [5, 5.41) is 8.82. The van der Waals surface area contributed by atoms with E-state index in [1.807, 2.05) is 36.4 Å². The summed E-state index contributed by atoms with van der Waals surface area (Å²) in [6.45, 7) is 0.218. The Morgan fingerprint density at radius 2 is 2.06 bits per heavy atom. The fourth-order valence-electron chi connectivity index (χ4n) is 1.20. The second kappa shape index (κ2) is 5.28. The third-order valence-corrected chi connectivity index (χ3v) is 2.31. The highest BCUT2D eigenvalue weighted by atomic mass is 35.5. The van der Waals surface area contributed by atoms with E-state index in [4.69, 9.17) is 21.6 Å². The van der Waals surface area contributed by atoms with E-state index in [0.717, 1.165) is 5.75 Å². The fraction of sp³-hybridized carbons (Fsp3) is 0.0833. The molecule has 0 N–H and O–H groups in total. The summed E-state index contributed by atoms with van der Waals surface area (Å²) in [5.41, 5.74) is 0.259. The van der Waals surface area contributed by atoms with Crippen LogP contribution in [-0.2, 0) is 6.61 Å². The quantitative estimate of drug-likeness (QED) is 0.780. The maximum Gasteiger partial charge on any atom is 0.167 e. The van der Waals surface area contributed by atoms with Gasteiger partial charge in [0.25, 0.3) is 0 Å². The van der Waals surface area contributed by atoms with E-state index in [-0.39, 0.29) is 17.3 Å². The van der Waals surface area contributed by atoms with Crippen LogP contribution in [-0.4, -0.2) is 9.97 Å². The highest BCUT2D eigenvalue weighted by Gasteiger charge is 2.04. The second-order valence-electron chi connectivity index (χ2n) is 3.20. The number of nitriles is 1. The van der Waals surface area contributed by atoms with Gasteiger partial charge in [0.1, 0.15) is 24.0 Å². The maximum absolute atomic E-state index is 8.67. The first-order valence-electron chi connectivity index (χ1n) is 4.89. The van der Waals surface area contributed by atoms with Crippen LogP contribution in [0, 0.1) is 11.3 Å². The van der Waals surface area contributed by atoms with Crippen LogP contribution in [0.4, 0.5) is 0 Å². The molecule has 0 bridgehead atoms. The monoisotopic (exact) mass is 245 g/mol. The van der Waals surface area contributed by atoms with Gasteiger partial charge in [0.15, 0.2) is 11.0 Å². The smallest absolute Gasteiger partial charge is 0.167 e. The number of nitrogens with zero attached hydrogens (tertiary/aromatic N) is 3. The Bertz CT molecular complexity index is 551. The van der Waals surface area contributed by atoms with E-state index in [1.165, 1.54) is 6.20 Å². The minimum Gasteiger partial charge on any atom is -0.486 e. The summed E-state index contributed by atoms with van der Waals surface area (Å²) in [4.78, 5) is 7.95. The van der Waals surface area contributed by atoms with E-state index in [2.05, 4.69) is 9.97 Å². The predicted octanol–water partition coefficient (Wildman–Crippen LogP) is 2.58. The number of aromatic nitrogens is 2. The Labute approximate surface area is 103 Å². The zero-order valence-corrected chi connectivity index (χ0v) is 9.55. The molecule has 0 amide bonds. The van der Waals surface area contributed by atoms with Crippen molar-refractivity contribution in [1.29, 1.82) is 5.26 Å². The molecule has 0 aliphatic carbocycles. The zero-order valence-electron chi connectivity index (χ0n) is 8.80. The van der Waals surface area contributed by atoms with Gasteiger partial charge >= 0.3 is 0 Å². The number of halogens is 1. The lowest BCUT2D eigenvalue weighted by Gasteiger charge is -2.04. The molecule has 0 aliphatic rings. The van der Waals surface area contributed by atoms with E-state index in [0.29, 0.717) is 5.82 Å². The van der Waals surface area contributed by atoms with Gasteiger partial charge in [0.2, 0.25) is 0 Å². The Balaban J connectivity index is 2.06. The van der Waals surface area contributed by atoms with Crippen molar-refractivity contribution in [3.63, 3.8) is 0 Å². The molecule has 1 aromatic carbocycles. The van der Waals surface area contributed by atoms with Gasteiger partial charge in [-0.25, -0.2) is 9.97 Å². The number of benzene rings is 1. The third kappa shape index (κ3) is 2.92. The molecule has 0 aliphatic heterocycles.